The topological polar surface area (TPSA) is 122 Å². The number of aryl methyl sites for hydroxylation is 1. The molecule has 0 aliphatic heterocycles. The average Bonchev–Trinajstić information content (AvgIpc) is 2.74. The number of carboxylic acid groups (broad SMARTS) is 1. The van der Waals surface area contributed by atoms with E-state index in [2.05, 4.69) is 9.82 Å². The lowest BCUT2D eigenvalue weighted by Crippen LogP contribution is -2.26. The van der Waals surface area contributed by atoms with Crippen molar-refractivity contribution in [2.24, 2.45) is 0 Å². The quantitative estimate of drug-likeness (QED) is 0.588. The minimum Gasteiger partial charge on any atom is -0.481 e. The van der Waals surface area contributed by atoms with E-state index in [1.807, 2.05) is 0 Å². The van der Waals surface area contributed by atoms with Crippen LogP contribution in [-0.4, -0.2) is 47.0 Å². The standard InChI is InChI=1S/C10H17N3O5S/c1-8(14)2-4-12-19(17,18)9-6-11-13(7-9)5-3-10(15)16/h6-8,12,14H,2-5H2,1H3,(H,15,16). The molecule has 19 heavy (non-hydrogen) atoms. The summed E-state index contributed by atoms with van der Waals surface area (Å²) in [5.74, 6) is -0.977. The van der Waals surface area contributed by atoms with Crippen LogP contribution in [0.4, 0.5) is 0 Å². The highest BCUT2D eigenvalue weighted by Crippen LogP contribution is 2.07. The fraction of sp³-hybridized carbons (Fsp3) is 0.600. The average molecular weight is 291 g/mol. The summed E-state index contributed by atoms with van der Waals surface area (Å²) >= 11 is 0. The van der Waals surface area contributed by atoms with Crippen LogP contribution >= 0.6 is 0 Å². The van der Waals surface area contributed by atoms with Crippen LogP contribution in [0, 0.1) is 0 Å². The van der Waals surface area contributed by atoms with Gasteiger partial charge in [0.05, 0.1) is 25.3 Å². The molecule has 9 heteroatoms. The number of hydrogen-bond acceptors (Lipinski definition) is 5. The van der Waals surface area contributed by atoms with E-state index < -0.39 is 22.1 Å². The molecular formula is C10H17N3O5S. The maximum absolute atomic E-state index is 11.8. The number of nitrogens with one attached hydrogen (secondary N) is 1. The van der Waals surface area contributed by atoms with E-state index in [1.165, 1.54) is 10.9 Å². The Labute approximate surface area is 111 Å². The molecule has 1 heterocycles. The van der Waals surface area contributed by atoms with Gasteiger partial charge >= 0.3 is 5.97 Å². The van der Waals surface area contributed by atoms with Crippen molar-refractivity contribution in [3.63, 3.8) is 0 Å². The molecule has 0 bridgehead atoms. The summed E-state index contributed by atoms with van der Waals surface area (Å²) in [6.07, 6.45) is 2.03. The van der Waals surface area contributed by atoms with Crippen LogP contribution < -0.4 is 4.72 Å². The molecule has 1 aromatic heterocycles. The van der Waals surface area contributed by atoms with E-state index in [9.17, 15) is 13.2 Å². The van der Waals surface area contributed by atoms with Crippen molar-refractivity contribution in [1.82, 2.24) is 14.5 Å². The van der Waals surface area contributed by atoms with Crippen molar-refractivity contribution in [2.75, 3.05) is 6.54 Å². The number of aromatic nitrogens is 2. The van der Waals surface area contributed by atoms with Crippen LogP contribution in [0.2, 0.25) is 0 Å². The molecule has 0 aliphatic rings. The number of carbonyl (C=O) groups is 1. The molecule has 0 radical (unpaired) electrons. The van der Waals surface area contributed by atoms with Crippen LogP contribution in [0.1, 0.15) is 19.8 Å². The zero-order chi connectivity index (χ0) is 14.5. The van der Waals surface area contributed by atoms with Gasteiger partial charge in [-0.15, -0.1) is 0 Å². The van der Waals surface area contributed by atoms with Gasteiger partial charge in [-0.3, -0.25) is 9.48 Å². The monoisotopic (exact) mass is 291 g/mol. The Hall–Kier alpha value is -1.45. The minimum atomic E-state index is -3.67. The van der Waals surface area contributed by atoms with Gasteiger partial charge in [-0.1, -0.05) is 0 Å². The molecule has 0 fully saturated rings. The highest BCUT2D eigenvalue weighted by Gasteiger charge is 2.16. The second kappa shape index (κ2) is 6.64. The normalized spacial score (nSPS) is 13.4. The minimum absolute atomic E-state index is 0.0246. The van der Waals surface area contributed by atoms with Crippen molar-refractivity contribution in [2.45, 2.75) is 37.3 Å². The van der Waals surface area contributed by atoms with E-state index in [0.29, 0.717) is 6.42 Å². The summed E-state index contributed by atoms with van der Waals surface area (Å²) in [5.41, 5.74) is 0. The van der Waals surface area contributed by atoms with Gasteiger partial charge in [-0.25, -0.2) is 13.1 Å². The van der Waals surface area contributed by atoms with Gasteiger partial charge in [-0.2, -0.15) is 5.10 Å². The van der Waals surface area contributed by atoms with Crippen LogP contribution in [-0.2, 0) is 21.4 Å². The number of hydrogen-bond donors (Lipinski definition) is 3. The molecule has 0 aromatic carbocycles. The lowest BCUT2D eigenvalue weighted by Gasteiger charge is -2.05. The van der Waals surface area contributed by atoms with Gasteiger partial charge in [0.15, 0.2) is 0 Å². The number of carboxylic acids is 1. The Morgan fingerprint density at radius 1 is 1.58 bits per heavy atom. The lowest BCUT2D eigenvalue weighted by molar-refractivity contribution is -0.137. The van der Waals surface area contributed by atoms with Gasteiger partial charge in [0.2, 0.25) is 10.0 Å². The van der Waals surface area contributed by atoms with Gasteiger partial charge in [0.25, 0.3) is 0 Å². The number of aliphatic carboxylic acids is 1. The van der Waals surface area contributed by atoms with E-state index in [1.54, 1.807) is 6.92 Å². The second-order valence-corrected chi connectivity index (χ2v) is 5.89. The smallest absolute Gasteiger partial charge is 0.305 e. The first-order valence-corrected chi connectivity index (χ1v) is 7.21. The Morgan fingerprint density at radius 2 is 2.26 bits per heavy atom. The Balaban J connectivity index is 2.61. The molecule has 1 unspecified atom stereocenters. The molecule has 1 atom stereocenters. The lowest BCUT2D eigenvalue weighted by atomic mass is 10.3. The molecular weight excluding hydrogens is 274 g/mol. The maximum Gasteiger partial charge on any atom is 0.305 e. The van der Waals surface area contributed by atoms with E-state index in [-0.39, 0.29) is 24.4 Å². The molecule has 0 amide bonds. The van der Waals surface area contributed by atoms with Crippen molar-refractivity contribution in [3.8, 4) is 0 Å². The van der Waals surface area contributed by atoms with Crippen molar-refractivity contribution in [1.29, 1.82) is 0 Å². The Bertz CT molecular complexity index is 523. The summed E-state index contributed by atoms with van der Waals surface area (Å²) in [6.45, 7) is 1.80. The Kier molecular flexibility index (Phi) is 5.45. The third-order valence-corrected chi connectivity index (χ3v) is 3.74. The van der Waals surface area contributed by atoms with Gasteiger partial charge in [0, 0.05) is 12.7 Å². The maximum atomic E-state index is 11.8. The van der Waals surface area contributed by atoms with Gasteiger partial charge < -0.3 is 10.2 Å². The second-order valence-electron chi connectivity index (χ2n) is 4.12. The summed E-state index contributed by atoms with van der Waals surface area (Å²) < 4.78 is 27.2. The molecule has 0 aliphatic carbocycles. The molecule has 1 aromatic rings. The highest BCUT2D eigenvalue weighted by atomic mass is 32.2. The highest BCUT2D eigenvalue weighted by molar-refractivity contribution is 7.89. The molecule has 0 saturated heterocycles. The van der Waals surface area contributed by atoms with Crippen molar-refractivity contribution < 1.29 is 23.4 Å². The number of nitrogens with zero attached hydrogens (tertiary/aromatic N) is 2. The molecule has 0 spiro atoms. The molecule has 108 valence electrons. The predicted molar refractivity (Wildman–Crippen MR) is 66.0 cm³/mol. The number of rotatable bonds is 8. The first kappa shape index (κ1) is 15.6. The van der Waals surface area contributed by atoms with Crippen molar-refractivity contribution in [3.05, 3.63) is 12.4 Å². The molecule has 1 rings (SSSR count). The van der Waals surface area contributed by atoms with Crippen LogP contribution in [0.25, 0.3) is 0 Å². The zero-order valence-corrected chi connectivity index (χ0v) is 11.3. The predicted octanol–water partition coefficient (Wildman–Crippen LogP) is -0.593. The number of aliphatic hydroxyl groups is 1. The fourth-order valence-electron chi connectivity index (χ4n) is 1.30. The van der Waals surface area contributed by atoms with Crippen LogP contribution in [0.5, 0.6) is 0 Å². The summed E-state index contributed by atoms with van der Waals surface area (Å²) in [5, 5.41) is 21.3. The summed E-state index contributed by atoms with van der Waals surface area (Å²) in [7, 11) is -3.67. The van der Waals surface area contributed by atoms with Crippen molar-refractivity contribution >= 4 is 16.0 Å². The SMILES string of the molecule is CC(O)CCNS(=O)(=O)c1cnn(CCC(=O)O)c1. The summed E-state index contributed by atoms with van der Waals surface area (Å²) in [6, 6.07) is 0. The number of aliphatic hydroxyl groups excluding tert-OH is 1. The third kappa shape index (κ3) is 5.37. The molecule has 8 nitrogen and oxygen atoms in total. The fourth-order valence-corrected chi connectivity index (χ4v) is 2.30. The van der Waals surface area contributed by atoms with E-state index >= 15 is 0 Å². The first-order valence-electron chi connectivity index (χ1n) is 5.73. The van der Waals surface area contributed by atoms with E-state index in [0.717, 1.165) is 6.20 Å². The largest absolute Gasteiger partial charge is 0.481 e. The van der Waals surface area contributed by atoms with Crippen LogP contribution in [0.3, 0.4) is 0 Å². The van der Waals surface area contributed by atoms with Gasteiger partial charge in [-0.05, 0) is 13.3 Å². The molecule has 3 N–H and O–H groups in total. The first-order chi connectivity index (χ1) is 8.81. The zero-order valence-electron chi connectivity index (χ0n) is 10.5. The van der Waals surface area contributed by atoms with Crippen LogP contribution in [0.15, 0.2) is 17.3 Å². The number of sulfonamides is 1. The summed E-state index contributed by atoms with van der Waals surface area (Å²) in [4.78, 5) is 10.4. The Morgan fingerprint density at radius 3 is 2.84 bits per heavy atom. The van der Waals surface area contributed by atoms with Gasteiger partial charge in [0.1, 0.15) is 4.90 Å². The molecule has 0 saturated carbocycles. The van der Waals surface area contributed by atoms with E-state index in [4.69, 9.17) is 10.2 Å². The third-order valence-electron chi connectivity index (χ3n) is 2.33.